The maximum atomic E-state index is 13.0. The third-order valence-corrected chi connectivity index (χ3v) is 5.69. The lowest BCUT2D eigenvalue weighted by Crippen LogP contribution is -2.43. The molecule has 4 aromatic rings. The number of rotatable bonds is 6. The fourth-order valence-electron chi connectivity index (χ4n) is 3.63. The van der Waals surface area contributed by atoms with Gasteiger partial charge in [0.2, 0.25) is 0 Å². The number of benzene rings is 3. The van der Waals surface area contributed by atoms with Crippen LogP contribution >= 0.6 is 11.6 Å². The van der Waals surface area contributed by atoms with E-state index in [-0.39, 0.29) is 33.3 Å². The van der Waals surface area contributed by atoms with Crippen molar-refractivity contribution in [1.82, 2.24) is 10.9 Å². The molecule has 1 aromatic heterocycles. The summed E-state index contributed by atoms with van der Waals surface area (Å²) in [5, 5.41) is 0.511. The van der Waals surface area contributed by atoms with Crippen LogP contribution in [0.1, 0.15) is 26.3 Å². The quantitative estimate of drug-likeness (QED) is 0.290. The van der Waals surface area contributed by atoms with Gasteiger partial charge in [0.1, 0.15) is 17.1 Å². The molecule has 10 heteroatoms. The molecule has 0 aliphatic heterocycles. The molecule has 188 valence electrons. The molecule has 0 radical (unpaired) electrons. The molecule has 0 atom stereocenters. The fraction of sp³-hybridized carbons (Fsp3) is 0.111. The van der Waals surface area contributed by atoms with Gasteiger partial charge in [-0.15, -0.1) is 0 Å². The van der Waals surface area contributed by atoms with Crippen LogP contribution in [0.3, 0.4) is 0 Å². The summed E-state index contributed by atoms with van der Waals surface area (Å²) in [6.07, 6.45) is 0. The van der Waals surface area contributed by atoms with Crippen LogP contribution in [0, 0.1) is 6.92 Å². The molecule has 0 saturated heterocycles. The molecule has 9 nitrogen and oxygen atoms in total. The smallest absolute Gasteiger partial charge is 0.342 e. The Balaban J connectivity index is 1.48. The predicted octanol–water partition coefficient (Wildman–Crippen LogP) is 4.05. The number of amides is 2. The molecular weight excluding hydrogens is 500 g/mol. The normalized spacial score (nSPS) is 10.6. The minimum Gasteiger partial charge on any atom is -0.496 e. The van der Waals surface area contributed by atoms with E-state index in [4.69, 9.17) is 25.5 Å². The molecule has 0 bridgehead atoms. The first kappa shape index (κ1) is 25.5. The summed E-state index contributed by atoms with van der Waals surface area (Å²) in [5.41, 5.74) is 5.27. The average molecular weight is 521 g/mol. The third kappa shape index (κ3) is 5.46. The van der Waals surface area contributed by atoms with Gasteiger partial charge in [0, 0.05) is 16.1 Å². The Morgan fingerprint density at radius 3 is 2.43 bits per heavy atom. The molecule has 0 saturated carbocycles. The number of hydrazine groups is 1. The molecule has 1 heterocycles. The van der Waals surface area contributed by atoms with E-state index < -0.39 is 24.4 Å². The summed E-state index contributed by atoms with van der Waals surface area (Å²) in [6.45, 7) is 0.944. The summed E-state index contributed by atoms with van der Waals surface area (Å²) < 4.78 is 16.2. The number of fused-ring (bicyclic) bond motifs is 1. The van der Waals surface area contributed by atoms with Crippen LogP contribution in [0.4, 0.5) is 0 Å². The van der Waals surface area contributed by atoms with E-state index in [1.165, 1.54) is 31.4 Å². The van der Waals surface area contributed by atoms with Gasteiger partial charge in [-0.2, -0.15) is 0 Å². The Bertz CT molecular complexity index is 1560. The minimum absolute atomic E-state index is 0.0210. The summed E-state index contributed by atoms with van der Waals surface area (Å²) in [7, 11) is 1.39. The number of hydrogen-bond donors (Lipinski definition) is 2. The Morgan fingerprint density at radius 2 is 1.70 bits per heavy atom. The first-order valence-electron chi connectivity index (χ1n) is 11.0. The first-order valence-corrected chi connectivity index (χ1v) is 11.4. The highest BCUT2D eigenvalue weighted by molar-refractivity contribution is 6.31. The molecule has 0 spiro atoms. The molecule has 3 aromatic carbocycles. The average Bonchev–Trinajstić information content (AvgIpc) is 2.92. The second-order valence-electron chi connectivity index (χ2n) is 7.86. The number of para-hydroxylation sites is 1. The number of methoxy groups -OCH3 is 1. The van der Waals surface area contributed by atoms with Crippen molar-refractivity contribution in [3.8, 4) is 17.1 Å². The standard InChI is InChI=1S/C27H21ClN2O7/c1-15-23(32)18-9-6-10-19(25(18)37-24(15)16-7-4-3-5-8-16)27(34)36-14-22(31)29-30-26(33)20-13-17(28)11-12-21(20)35-2/h3-13H,14H2,1-2H3,(H,29,31)(H,30,33). The van der Waals surface area contributed by atoms with E-state index in [9.17, 15) is 19.2 Å². The Kier molecular flexibility index (Phi) is 7.55. The predicted molar refractivity (Wildman–Crippen MR) is 137 cm³/mol. The van der Waals surface area contributed by atoms with E-state index in [1.54, 1.807) is 43.3 Å². The number of nitrogens with one attached hydrogen (secondary N) is 2. The molecule has 2 N–H and O–H groups in total. The summed E-state index contributed by atoms with van der Waals surface area (Å²) in [5.74, 6) is -1.78. The van der Waals surface area contributed by atoms with Gasteiger partial charge in [-0.1, -0.05) is 48.0 Å². The minimum atomic E-state index is -0.880. The molecule has 0 aliphatic rings. The molecule has 0 unspecified atom stereocenters. The molecule has 4 rings (SSSR count). The summed E-state index contributed by atoms with van der Waals surface area (Å²) >= 11 is 5.92. The lowest BCUT2D eigenvalue weighted by molar-refractivity contribution is -0.125. The van der Waals surface area contributed by atoms with Crippen LogP contribution in [0.5, 0.6) is 5.75 Å². The van der Waals surface area contributed by atoms with Gasteiger partial charge in [-0.25, -0.2) is 4.79 Å². The maximum Gasteiger partial charge on any atom is 0.342 e. The first-order chi connectivity index (χ1) is 17.8. The largest absolute Gasteiger partial charge is 0.496 e. The van der Waals surface area contributed by atoms with Gasteiger partial charge in [0.15, 0.2) is 17.6 Å². The van der Waals surface area contributed by atoms with Crippen LogP contribution in [-0.4, -0.2) is 31.5 Å². The highest BCUT2D eigenvalue weighted by atomic mass is 35.5. The Morgan fingerprint density at radius 1 is 0.946 bits per heavy atom. The Hall–Kier alpha value is -4.63. The third-order valence-electron chi connectivity index (χ3n) is 5.46. The van der Waals surface area contributed by atoms with E-state index in [1.807, 2.05) is 6.07 Å². The molecule has 37 heavy (non-hydrogen) atoms. The molecule has 0 fully saturated rings. The lowest BCUT2D eigenvalue weighted by Gasteiger charge is -2.12. The van der Waals surface area contributed by atoms with Gasteiger partial charge in [-0.05, 0) is 37.3 Å². The van der Waals surface area contributed by atoms with Crippen LogP contribution in [0.15, 0.2) is 75.9 Å². The number of carbonyl (C=O) groups excluding carboxylic acids is 3. The SMILES string of the molecule is COc1ccc(Cl)cc1C(=O)NNC(=O)COC(=O)c1cccc2c(=O)c(C)c(-c3ccccc3)oc12. The summed E-state index contributed by atoms with van der Waals surface area (Å²) in [4.78, 5) is 50.4. The number of carbonyl (C=O) groups is 3. The van der Waals surface area contributed by atoms with Gasteiger partial charge >= 0.3 is 5.97 Å². The van der Waals surface area contributed by atoms with Crippen molar-refractivity contribution in [3.05, 3.63) is 98.7 Å². The van der Waals surface area contributed by atoms with Crippen molar-refractivity contribution in [2.24, 2.45) is 0 Å². The molecule has 2 amide bonds. The monoisotopic (exact) mass is 520 g/mol. The zero-order valence-electron chi connectivity index (χ0n) is 19.8. The van der Waals surface area contributed by atoms with Gasteiger partial charge in [0.25, 0.3) is 11.8 Å². The van der Waals surface area contributed by atoms with E-state index in [0.717, 1.165) is 0 Å². The van der Waals surface area contributed by atoms with Gasteiger partial charge in [-0.3, -0.25) is 25.2 Å². The topological polar surface area (TPSA) is 124 Å². The highest BCUT2D eigenvalue weighted by Gasteiger charge is 2.20. The van der Waals surface area contributed by atoms with Crippen molar-refractivity contribution in [2.75, 3.05) is 13.7 Å². The summed E-state index contributed by atoms with van der Waals surface area (Å²) in [6, 6.07) is 18.0. The van der Waals surface area contributed by atoms with Crippen molar-refractivity contribution in [2.45, 2.75) is 6.92 Å². The zero-order chi connectivity index (χ0) is 26.5. The molecule has 0 aliphatic carbocycles. The lowest BCUT2D eigenvalue weighted by atomic mass is 10.0. The van der Waals surface area contributed by atoms with Crippen molar-refractivity contribution in [1.29, 1.82) is 0 Å². The number of halogens is 1. The number of hydrogen-bond acceptors (Lipinski definition) is 7. The van der Waals surface area contributed by atoms with Gasteiger partial charge < -0.3 is 13.9 Å². The van der Waals surface area contributed by atoms with E-state index in [2.05, 4.69) is 10.9 Å². The van der Waals surface area contributed by atoms with Crippen LogP contribution in [-0.2, 0) is 9.53 Å². The van der Waals surface area contributed by atoms with Gasteiger partial charge in [0.05, 0.1) is 18.1 Å². The Labute approximate surface area is 215 Å². The second kappa shape index (κ2) is 11.0. The fourth-order valence-corrected chi connectivity index (χ4v) is 3.80. The van der Waals surface area contributed by atoms with Crippen molar-refractivity contribution >= 4 is 40.4 Å². The molecular formula is C27H21ClN2O7. The van der Waals surface area contributed by atoms with Crippen LogP contribution in [0.2, 0.25) is 5.02 Å². The van der Waals surface area contributed by atoms with E-state index in [0.29, 0.717) is 21.9 Å². The van der Waals surface area contributed by atoms with Crippen LogP contribution in [0.25, 0.3) is 22.3 Å². The van der Waals surface area contributed by atoms with Crippen molar-refractivity contribution < 1.29 is 28.3 Å². The maximum absolute atomic E-state index is 13.0. The zero-order valence-corrected chi connectivity index (χ0v) is 20.5. The van der Waals surface area contributed by atoms with E-state index >= 15 is 0 Å². The van der Waals surface area contributed by atoms with Crippen LogP contribution < -0.4 is 21.0 Å². The number of ether oxygens (including phenoxy) is 2. The van der Waals surface area contributed by atoms with Crippen molar-refractivity contribution in [3.63, 3.8) is 0 Å². The number of esters is 1. The second-order valence-corrected chi connectivity index (χ2v) is 8.29. The highest BCUT2D eigenvalue weighted by Crippen LogP contribution is 2.27.